The molecule has 7 rings (SSSR count). The van der Waals surface area contributed by atoms with Crippen LogP contribution in [0.25, 0.3) is 0 Å². The van der Waals surface area contributed by atoms with Crippen LogP contribution in [0.5, 0.6) is 28.7 Å². The molecule has 0 heterocycles. The zero-order valence-corrected chi connectivity index (χ0v) is 58.1. The number of carbonyl (C=O) groups excluding carboxylic acids is 5. The Morgan fingerprint density at radius 1 is 0.408 bits per heavy atom. The number of hydrogen-bond donors (Lipinski definition) is 7. The molecule has 8 N–H and O–H groups in total. The molecule has 0 bridgehead atoms. The van der Waals surface area contributed by atoms with Crippen LogP contribution in [0, 0.1) is 0 Å². The summed E-state index contributed by atoms with van der Waals surface area (Å²) >= 11 is 0. The van der Waals surface area contributed by atoms with Gasteiger partial charge < -0.3 is 80.8 Å². The Kier molecular flexibility index (Phi) is 33.8. The molecule has 528 valence electrons. The summed E-state index contributed by atoms with van der Waals surface area (Å²) in [6.45, 7) is 0.483. The van der Waals surface area contributed by atoms with Gasteiger partial charge in [0.25, 0.3) is 0 Å². The molecule has 0 spiro atoms. The number of rotatable bonds is 37. The molecule has 0 amide bonds. The number of carbonyl (C=O) groups is 5. The van der Waals surface area contributed by atoms with Gasteiger partial charge in [0.05, 0.1) is 60.9 Å². The molecular weight excluding hydrogens is 1300 g/mol. The van der Waals surface area contributed by atoms with Crippen molar-refractivity contribution in [2.75, 3.05) is 82.7 Å². The van der Waals surface area contributed by atoms with Gasteiger partial charge in [-0.1, -0.05) is 109 Å². The molecule has 0 aliphatic heterocycles. The van der Waals surface area contributed by atoms with Crippen molar-refractivity contribution in [2.45, 2.75) is 74.7 Å². The highest BCUT2D eigenvalue weighted by molar-refractivity contribution is 6.59. The van der Waals surface area contributed by atoms with E-state index >= 15 is 0 Å². The lowest BCUT2D eigenvalue weighted by atomic mass is 9.80. The Bertz CT molecular complexity index is 3380. The second-order valence-electron chi connectivity index (χ2n) is 21.5. The Balaban J connectivity index is 0.000000315. The normalized spacial score (nSPS) is 11.4. The summed E-state index contributed by atoms with van der Waals surface area (Å²) in [5, 5.41) is 17.2. The number of unbranched alkanes of at least 4 members (excludes halogenated alkanes) is 1. The van der Waals surface area contributed by atoms with E-state index in [1.54, 1.807) is 28.4 Å². The highest BCUT2D eigenvalue weighted by atomic mass is 28.4. The van der Waals surface area contributed by atoms with Crippen molar-refractivity contribution in [2.24, 2.45) is 5.73 Å². The third kappa shape index (κ3) is 25.0. The lowest BCUT2D eigenvalue weighted by molar-refractivity contribution is -1.19. The topological polar surface area (TPSA) is 337 Å². The number of esters is 3. The van der Waals surface area contributed by atoms with Crippen molar-refractivity contribution in [3.63, 3.8) is 0 Å². The Morgan fingerprint density at radius 2 is 0.776 bits per heavy atom. The summed E-state index contributed by atoms with van der Waals surface area (Å²) in [6.07, 6.45) is 0.137. The zero-order chi connectivity index (χ0) is 71.4. The van der Waals surface area contributed by atoms with Gasteiger partial charge in [-0.2, -0.15) is 10.4 Å². The van der Waals surface area contributed by atoms with Crippen LogP contribution in [-0.2, 0) is 67.3 Å². The molecule has 0 aliphatic rings. The van der Waals surface area contributed by atoms with E-state index in [0.29, 0.717) is 55.8 Å². The van der Waals surface area contributed by atoms with E-state index in [9.17, 15) is 28.8 Å². The second kappa shape index (κ2) is 41.5. The number of ether oxygens (including phenoxy) is 10. The van der Waals surface area contributed by atoms with Crippen molar-refractivity contribution in [1.29, 1.82) is 0 Å². The van der Waals surface area contributed by atoms with Crippen LogP contribution in [0.15, 0.2) is 182 Å². The lowest BCUT2D eigenvalue weighted by Gasteiger charge is -2.36. The predicted octanol–water partition coefficient (Wildman–Crippen LogP) is 8.58. The van der Waals surface area contributed by atoms with Crippen molar-refractivity contribution in [1.82, 2.24) is 0 Å². The SMILES string of the molecule is CO[Si](O)(O)CCCN.COc1ccc(C(OCCOC(=O)CCC(=O)CCCC[Si](O)(OC)OC)(c2ccccc2)c2ccc(OC)cc2)cc1.COc1ccc(C(OCCOC(=O)CCC(=O)OC(=O)Oc2ccc([NH+](O)O)cc2)(c2ccccc2)c2ccc(OC)cc2)cc1. The third-order valence-corrected chi connectivity index (χ3v) is 19.1. The van der Waals surface area contributed by atoms with Crippen molar-refractivity contribution < 1.29 is 115 Å². The monoisotopic (exact) mass is 1390 g/mol. The fourth-order valence-electron chi connectivity index (χ4n) is 9.89. The number of nitrogens with one attached hydrogen (secondary N) is 1. The first-order valence-corrected chi connectivity index (χ1v) is 35.3. The predicted molar refractivity (Wildman–Crippen MR) is 361 cm³/mol. The minimum absolute atomic E-state index is 0.0000703. The summed E-state index contributed by atoms with van der Waals surface area (Å²) in [5.74, 6) is 0.636. The van der Waals surface area contributed by atoms with Gasteiger partial charge in [0.15, 0.2) is 5.69 Å². The number of methoxy groups -OCH3 is 4. The first-order chi connectivity index (χ1) is 47.2. The van der Waals surface area contributed by atoms with Crippen LogP contribution in [0.3, 0.4) is 0 Å². The molecular formula is C71H89N2O23Si2+. The summed E-state index contributed by atoms with van der Waals surface area (Å²) in [5.41, 5.74) is 8.25. The Morgan fingerprint density at radius 3 is 1.13 bits per heavy atom. The van der Waals surface area contributed by atoms with Crippen LogP contribution >= 0.6 is 0 Å². The summed E-state index contributed by atoms with van der Waals surface area (Å²) in [7, 11) is 4.14. The van der Waals surface area contributed by atoms with E-state index in [1.165, 1.54) is 45.6 Å². The Labute approximate surface area is 572 Å². The molecule has 27 heteroatoms. The van der Waals surface area contributed by atoms with Crippen LogP contribution in [-0.4, -0.2) is 155 Å². The highest BCUT2D eigenvalue weighted by Crippen LogP contribution is 2.43. The van der Waals surface area contributed by atoms with Crippen LogP contribution in [0.1, 0.15) is 84.7 Å². The van der Waals surface area contributed by atoms with Gasteiger partial charge in [0, 0.05) is 58.4 Å². The van der Waals surface area contributed by atoms with Gasteiger partial charge in [-0.15, -0.1) is 0 Å². The average Bonchev–Trinajstić information content (AvgIpc) is 0.763. The maximum atomic E-state index is 12.4. The molecule has 7 aromatic carbocycles. The average molecular weight is 1390 g/mol. The number of ketones is 1. The first-order valence-electron chi connectivity index (χ1n) is 31.3. The van der Waals surface area contributed by atoms with E-state index in [2.05, 4.69) is 9.16 Å². The fraction of sp³-hybridized carbons (Fsp3) is 0.338. The molecule has 98 heavy (non-hydrogen) atoms. The minimum Gasteiger partial charge on any atom is -0.497 e. The first kappa shape index (κ1) is 79.9. The fourth-order valence-corrected chi connectivity index (χ4v) is 12.0. The second-order valence-corrected chi connectivity index (χ2v) is 26.7. The van der Waals surface area contributed by atoms with Crippen LogP contribution in [0.2, 0.25) is 12.1 Å². The molecule has 0 radical (unpaired) electrons. The summed E-state index contributed by atoms with van der Waals surface area (Å²) < 4.78 is 69.5. The standard InChI is InChI=1S/C34H33NO11.C33H42O9Si.C4H13NO3Si/c1-41-28-14-8-25(9-15-28)34(24-6-4-3-5-7-24,26-10-16-29(42-2)17-11-26)44-23-22-43-31(36)20-21-32(37)46-33(38)45-30-18-12-27(13-19-30)35(39)40;1-37-30-18-13-27(14-19-30)33(26-10-6-5-7-11-26,28-15-20-31(38-2)21-16-28)42-24-23-41-32(35)22-17-29(34)12-8-9-25-43(36,39-3)40-4;1-8-9(6,7)4-2-3-5/h3-19,39-40H,20-23H2,1-2H3;5-7,10-11,13-16,18-21,36H,8-9,12,17,22-25H2,1-4H3;6-7H,2-5H2,1H3/p+1. The molecule has 25 nitrogen and oxygen atoms in total. The van der Waals surface area contributed by atoms with E-state index in [-0.39, 0.29) is 62.9 Å². The molecule has 0 unspecified atom stereocenters. The van der Waals surface area contributed by atoms with Crippen molar-refractivity contribution in [3.8, 4) is 28.7 Å². The number of nitrogens with two attached hydrogens (primary N) is 1. The minimum atomic E-state index is -3.28. The molecule has 0 aliphatic carbocycles. The molecule has 0 atom stereocenters. The maximum absolute atomic E-state index is 12.4. The third-order valence-electron chi connectivity index (χ3n) is 15.2. The molecule has 0 saturated carbocycles. The van der Waals surface area contributed by atoms with Crippen LogP contribution < -0.4 is 34.6 Å². The number of Topliss-reactive ketones (excluding diaryl/α,β-unsaturated/α-hetero) is 1. The van der Waals surface area contributed by atoms with E-state index in [0.717, 1.165) is 44.9 Å². The van der Waals surface area contributed by atoms with Crippen LogP contribution in [0.4, 0.5) is 10.5 Å². The van der Waals surface area contributed by atoms with Gasteiger partial charge in [-0.3, -0.25) is 19.2 Å². The van der Waals surface area contributed by atoms with Crippen molar-refractivity contribution in [3.05, 3.63) is 215 Å². The smallest absolute Gasteiger partial charge is 0.497 e. The largest absolute Gasteiger partial charge is 0.521 e. The van der Waals surface area contributed by atoms with E-state index in [1.807, 2.05) is 158 Å². The Hall–Kier alpha value is -8.76. The van der Waals surface area contributed by atoms with E-state index in [4.69, 9.17) is 77.2 Å². The van der Waals surface area contributed by atoms with Gasteiger partial charge in [-0.05, 0) is 125 Å². The number of benzene rings is 7. The van der Waals surface area contributed by atoms with Gasteiger partial charge in [0.1, 0.15) is 58.9 Å². The molecule has 0 fully saturated rings. The lowest BCUT2D eigenvalue weighted by Crippen LogP contribution is -3.01. The van der Waals surface area contributed by atoms with Gasteiger partial charge in [0.2, 0.25) is 0 Å². The number of quaternary nitrogens is 1. The van der Waals surface area contributed by atoms with Crippen molar-refractivity contribution >= 4 is 53.1 Å². The van der Waals surface area contributed by atoms with Gasteiger partial charge >= 0.3 is 41.7 Å². The maximum Gasteiger partial charge on any atom is 0.521 e. The summed E-state index contributed by atoms with van der Waals surface area (Å²) in [6, 6.07) is 55.6. The molecule has 0 saturated heterocycles. The highest BCUT2D eigenvalue weighted by Gasteiger charge is 2.40. The van der Waals surface area contributed by atoms with Gasteiger partial charge in [-0.25, -0.2) is 4.79 Å². The molecule has 0 aromatic heterocycles. The molecule has 7 aromatic rings. The zero-order valence-electron chi connectivity index (χ0n) is 56.1. The summed E-state index contributed by atoms with van der Waals surface area (Å²) in [4.78, 5) is 88.9. The number of hydrogen-bond acceptors (Lipinski definition) is 24. The quantitative estimate of drug-likeness (QED) is 0.00280. The van der Waals surface area contributed by atoms with E-state index < -0.39 is 64.5 Å².